The van der Waals surface area contributed by atoms with Crippen LogP contribution in [0, 0.1) is 15.9 Å². The first-order valence-electron chi connectivity index (χ1n) is 5.95. The van der Waals surface area contributed by atoms with Gasteiger partial charge in [0.2, 0.25) is 5.91 Å². The number of hydrogen-bond acceptors (Lipinski definition) is 4. The summed E-state index contributed by atoms with van der Waals surface area (Å²) >= 11 is 0. The quantitative estimate of drug-likeness (QED) is 0.633. The third-order valence-corrected chi connectivity index (χ3v) is 2.70. The summed E-state index contributed by atoms with van der Waals surface area (Å²) in [5.41, 5.74) is -0.251. The van der Waals surface area contributed by atoms with Crippen molar-refractivity contribution in [1.82, 2.24) is 4.90 Å². The van der Waals surface area contributed by atoms with Crippen LogP contribution in [0.5, 0.6) is 0 Å². The van der Waals surface area contributed by atoms with Crippen molar-refractivity contribution < 1.29 is 14.1 Å². The van der Waals surface area contributed by atoms with Crippen LogP contribution in [0.25, 0.3) is 0 Å². The van der Waals surface area contributed by atoms with E-state index in [4.69, 9.17) is 0 Å². The standard InChI is InChI=1S/C12H16FN3O3/c1-3-15(4-2)12(17)8-14-10-7-9(13)5-6-11(10)16(18)19/h5-7,14H,3-4,8H2,1-2H3. The zero-order valence-corrected chi connectivity index (χ0v) is 10.9. The Kier molecular flexibility index (Phi) is 5.23. The van der Waals surface area contributed by atoms with Gasteiger partial charge in [-0.2, -0.15) is 0 Å². The Hall–Kier alpha value is -2.18. The van der Waals surface area contributed by atoms with Crippen molar-refractivity contribution in [2.45, 2.75) is 13.8 Å². The molecule has 6 nitrogen and oxygen atoms in total. The highest BCUT2D eigenvalue weighted by Crippen LogP contribution is 2.24. The van der Waals surface area contributed by atoms with Crippen molar-refractivity contribution in [1.29, 1.82) is 0 Å². The molecule has 0 saturated carbocycles. The minimum absolute atomic E-state index is 0.00510. The second-order valence-corrected chi connectivity index (χ2v) is 3.84. The normalized spacial score (nSPS) is 10.1. The molecule has 0 aliphatic rings. The van der Waals surface area contributed by atoms with Crippen LogP contribution in [0.2, 0.25) is 0 Å². The van der Waals surface area contributed by atoms with Crippen molar-refractivity contribution in [2.75, 3.05) is 25.0 Å². The van der Waals surface area contributed by atoms with Crippen molar-refractivity contribution >= 4 is 17.3 Å². The lowest BCUT2D eigenvalue weighted by Gasteiger charge is -2.19. The number of benzene rings is 1. The molecule has 0 bridgehead atoms. The number of amides is 1. The van der Waals surface area contributed by atoms with E-state index >= 15 is 0 Å². The van der Waals surface area contributed by atoms with Gasteiger partial charge in [0, 0.05) is 25.2 Å². The molecule has 0 aliphatic heterocycles. The Morgan fingerprint density at radius 3 is 2.58 bits per heavy atom. The second-order valence-electron chi connectivity index (χ2n) is 3.84. The van der Waals surface area contributed by atoms with E-state index in [0.717, 1.165) is 18.2 Å². The molecule has 19 heavy (non-hydrogen) atoms. The molecule has 1 aromatic rings. The highest BCUT2D eigenvalue weighted by atomic mass is 19.1. The van der Waals surface area contributed by atoms with Gasteiger partial charge in [0.25, 0.3) is 5.69 Å². The van der Waals surface area contributed by atoms with E-state index in [1.807, 2.05) is 13.8 Å². The molecule has 0 atom stereocenters. The maximum Gasteiger partial charge on any atom is 0.292 e. The van der Waals surface area contributed by atoms with E-state index in [9.17, 15) is 19.3 Å². The number of nitrogens with zero attached hydrogens (tertiary/aromatic N) is 2. The van der Waals surface area contributed by atoms with Gasteiger partial charge in [-0.05, 0) is 19.9 Å². The van der Waals surface area contributed by atoms with Crippen LogP contribution < -0.4 is 5.32 Å². The summed E-state index contributed by atoms with van der Waals surface area (Å²) in [5, 5.41) is 13.4. The first-order valence-corrected chi connectivity index (χ1v) is 5.95. The molecule has 0 fully saturated rings. The summed E-state index contributed by atoms with van der Waals surface area (Å²) in [6.45, 7) is 4.69. The van der Waals surface area contributed by atoms with Gasteiger partial charge in [0.1, 0.15) is 11.5 Å². The number of hydrogen-bond donors (Lipinski definition) is 1. The molecule has 1 amide bonds. The highest BCUT2D eigenvalue weighted by Gasteiger charge is 2.16. The molecule has 1 aromatic carbocycles. The highest BCUT2D eigenvalue weighted by molar-refractivity contribution is 5.81. The number of carbonyl (C=O) groups is 1. The molecule has 0 spiro atoms. The summed E-state index contributed by atoms with van der Waals surface area (Å²) in [6.07, 6.45) is 0. The summed E-state index contributed by atoms with van der Waals surface area (Å²) in [5.74, 6) is -0.785. The predicted molar refractivity (Wildman–Crippen MR) is 69.5 cm³/mol. The van der Waals surface area contributed by atoms with Crippen molar-refractivity contribution in [3.63, 3.8) is 0 Å². The van der Waals surface area contributed by atoms with Crippen LogP contribution in [0.15, 0.2) is 18.2 Å². The van der Waals surface area contributed by atoms with Crippen molar-refractivity contribution in [3.8, 4) is 0 Å². The zero-order chi connectivity index (χ0) is 14.4. The fourth-order valence-corrected chi connectivity index (χ4v) is 1.67. The molecular formula is C12H16FN3O3. The average Bonchev–Trinajstić information content (AvgIpc) is 2.37. The zero-order valence-electron chi connectivity index (χ0n) is 10.9. The number of nitro groups is 1. The van der Waals surface area contributed by atoms with Crippen LogP contribution in [0.3, 0.4) is 0 Å². The van der Waals surface area contributed by atoms with Gasteiger partial charge in [-0.3, -0.25) is 14.9 Å². The first kappa shape index (κ1) is 14.9. The van der Waals surface area contributed by atoms with E-state index in [2.05, 4.69) is 5.32 Å². The third-order valence-electron chi connectivity index (χ3n) is 2.70. The van der Waals surface area contributed by atoms with E-state index in [1.54, 1.807) is 4.90 Å². The molecule has 0 heterocycles. The van der Waals surface area contributed by atoms with Gasteiger partial charge in [-0.15, -0.1) is 0 Å². The average molecular weight is 269 g/mol. The Morgan fingerprint density at radius 2 is 2.05 bits per heavy atom. The van der Waals surface area contributed by atoms with E-state index in [1.165, 1.54) is 0 Å². The number of halogens is 1. The molecule has 0 saturated heterocycles. The van der Waals surface area contributed by atoms with Gasteiger partial charge in [0.15, 0.2) is 0 Å². The molecule has 104 valence electrons. The molecule has 0 unspecified atom stereocenters. The fourth-order valence-electron chi connectivity index (χ4n) is 1.67. The first-order chi connectivity index (χ1) is 8.99. The van der Waals surface area contributed by atoms with Gasteiger partial charge < -0.3 is 10.2 Å². The van der Waals surface area contributed by atoms with Crippen LogP contribution >= 0.6 is 0 Å². The summed E-state index contributed by atoms with van der Waals surface area (Å²) < 4.78 is 13.1. The summed E-state index contributed by atoms with van der Waals surface area (Å²) in [6, 6.07) is 3.09. The number of rotatable bonds is 6. The van der Waals surface area contributed by atoms with Gasteiger partial charge >= 0.3 is 0 Å². The van der Waals surface area contributed by atoms with Crippen LogP contribution in [-0.4, -0.2) is 35.4 Å². The summed E-state index contributed by atoms with van der Waals surface area (Å²) in [7, 11) is 0. The van der Waals surface area contributed by atoms with E-state index in [0.29, 0.717) is 13.1 Å². The number of carbonyl (C=O) groups excluding carboxylic acids is 1. The van der Waals surface area contributed by atoms with Gasteiger partial charge in [-0.25, -0.2) is 4.39 Å². The van der Waals surface area contributed by atoms with E-state index < -0.39 is 10.7 Å². The van der Waals surface area contributed by atoms with E-state index in [-0.39, 0.29) is 23.8 Å². The van der Waals surface area contributed by atoms with Gasteiger partial charge in [-0.1, -0.05) is 0 Å². The van der Waals surface area contributed by atoms with Crippen LogP contribution in [-0.2, 0) is 4.79 Å². The Morgan fingerprint density at radius 1 is 1.42 bits per heavy atom. The largest absolute Gasteiger partial charge is 0.370 e. The fraction of sp³-hybridized carbons (Fsp3) is 0.417. The van der Waals surface area contributed by atoms with Crippen LogP contribution in [0.4, 0.5) is 15.8 Å². The predicted octanol–water partition coefficient (Wildman–Crippen LogP) is 2.01. The lowest BCUT2D eigenvalue weighted by Crippen LogP contribution is -2.35. The molecule has 1 N–H and O–H groups in total. The summed E-state index contributed by atoms with van der Waals surface area (Å²) in [4.78, 5) is 23.5. The smallest absolute Gasteiger partial charge is 0.292 e. The topological polar surface area (TPSA) is 75.5 Å². The second kappa shape index (κ2) is 6.67. The minimum Gasteiger partial charge on any atom is -0.370 e. The number of nitro benzene ring substituents is 1. The van der Waals surface area contributed by atoms with Crippen molar-refractivity contribution in [2.24, 2.45) is 0 Å². The molecule has 1 rings (SSSR count). The monoisotopic (exact) mass is 269 g/mol. The molecule has 0 radical (unpaired) electrons. The SMILES string of the molecule is CCN(CC)C(=O)CNc1cc(F)ccc1[N+](=O)[O-]. The number of anilines is 1. The maximum atomic E-state index is 13.1. The molecule has 0 aliphatic carbocycles. The molecule has 0 aromatic heterocycles. The number of likely N-dealkylation sites (N-methyl/N-ethyl adjacent to an activating group) is 1. The number of nitrogens with one attached hydrogen (secondary N) is 1. The maximum absolute atomic E-state index is 13.1. The van der Waals surface area contributed by atoms with Gasteiger partial charge in [0.05, 0.1) is 11.5 Å². The Balaban J connectivity index is 2.79. The molecular weight excluding hydrogens is 253 g/mol. The minimum atomic E-state index is -0.621. The van der Waals surface area contributed by atoms with Crippen molar-refractivity contribution in [3.05, 3.63) is 34.1 Å². The lowest BCUT2D eigenvalue weighted by atomic mass is 10.2. The molecule has 7 heteroatoms. The Bertz CT molecular complexity index is 475. The Labute approximate surface area is 110 Å². The lowest BCUT2D eigenvalue weighted by molar-refractivity contribution is -0.384. The third kappa shape index (κ3) is 3.90. The van der Waals surface area contributed by atoms with Crippen LogP contribution in [0.1, 0.15) is 13.8 Å².